The molecular formula is C31H28ClN3O4. The van der Waals surface area contributed by atoms with Crippen molar-refractivity contribution in [3.63, 3.8) is 0 Å². The lowest BCUT2D eigenvalue weighted by Gasteiger charge is -2.18. The van der Waals surface area contributed by atoms with Gasteiger partial charge in [-0.2, -0.15) is 4.73 Å². The first kappa shape index (κ1) is 26.4. The number of aromatic nitrogens is 2. The number of anilines is 1. The van der Waals surface area contributed by atoms with Crippen LogP contribution in [-0.2, 0) is 9.53 Å². The van der Waals surface area contributed by atoms with Gasteiger partial charge in [-0.25, -0.2) is 4.79 Å². The monoisotopic (exact) mass is 541 g/mol. The second-order valence-corrected chi connectivity index (χ2v) is 10.0. The number of hydrogen-bond acceptors (Lipinski definition) is 5. The Kier molecular flexibility index (Phi) is 7.89. The van der Waals surface area contributed by atoms with Gasteiger partial charge in [0.2, 0.25) is 11.6 Å². The first-order chi connectivity index (χ1) is 18.9. The number of halogens is 1. The lowest BCUT2D eigenvalue weighted by Crippen LogP contribution is -2.37. The SMILES string of the molecule is CCOC(=O)c1ccc(NC(=O)C(CC2CC2)c2cc(-c3cc(Cl)ccc3-c3ccccn3)cc[n+]2[O-])cc1. The largest absolute Gasteiger partial charge is 0.618 e. The summed E-state index contributed by atoms with van der Waals surface area (Å²) in [6.45, 7) is 2.03. The molecule has 1 fully saturated rings. The van der Waals surface area contributed by atoms with Crippen LogP contribution in [0.2, 0.25) is 5.02 Å². The maximum atomic E-state index is 13.6. The van der Waals surface area contributed by atoms with Crippen LogP contribution in [-0.4, -0.2) is 23.5 Å². The van der Waals surface area contributed by atoms with E-state index in [0.29, 0.717) is 34.3 Å². The van der Waals surface area contributed by atoms with E-state index in [1.807, 2.05) is 36.4 Å². The van der Waals surface area contributed by atoms with E-state index < -0.39 is 11.9 Å². The number of carbonyl (C=O) groups excluding carboxylic acids is 2. The van der Waals surface area contributed by atoms with E-state index in [2.05, 4.69) is 10.3 Å². The van der Waals surface area contributed by atoms with Crippen LogP contribution in [0.15, 0.2) is 85.2 Å². The summed E-state index contributed by atoms with van der Waals surface area (Å²) in [7, 11) is 0. The topological polar surface area (TPSA) is 95.2 Å². The minimum atomic E-state index is -0.655. The Bertz CT molecular complexity index is 1490. The van der Waals surface area contributed by atoms with Crippen LogP contribution < -0.4 is 10.0 Å². The molecule has 1 amide bonds. The minimum Gasteiger partial charge on any atom is -0.618 e. The third-order valence-corrected chi connectivity index (χ3v) is 7.02. The third-order valence-electron chi connectivity index (χ3n) is 6.78. The third kappa shape index (κ3) is 6.26. The average Bonchev–Trinajstić information content (AvgIpc) is 3.77. The summed E-state index contributed by atoms with van der Waals surface area (Å²) in [5, 5.41) is 16.5. The maximum Gasteiger partial charge on any atom is 0.338 e. The lowest BCUT2D eigenvalue weighted by molar-refractivity contribution is -0.614. The molecule has 1 saturated carbocycles. The van der Waals surface area contributed by atoms with E-state index in [1.165, 1.54) is 6.20 Å². The zero-order chi connectivity index (χ0) is 27.4. The molecule has 1 aliphatic carbocycles. The number of nitrogens with one attached hydrogen (secondary N) is 1. The molecule has 7 nitrogen and oxygen atoms in total. The van der Waals surface area contributed by atoms with Gasteiger partial charge in [0, 0.05) is 34.6 Å². The first-order valence-electron chi connectivity index (χ1n) is 13.0. The number of nitrogens with zero attached hydrogens (tertiary/aromatic N) is 2. The van der Waals surface area contributed by atoms with Gasteiger partial charge in [-0.1, -0.05) is 36.6 Å². The fourth-order valence-corrected chi connectivity index (χ4v) is 4.78. The van der Waals surface area contributed by atoms with Crippen LogP contribution in [0.4, 0.5) is 5.69 Å². The summed E-state index contributed by atoms with van der Waals surface area (Å²) >= 11 is 6.37. The Labute approximate surface area is 232 Å². The highest BCUT2D eigenvalue weighted by atomic mass is 35.5. The quantitative estimate of drug-likeness (QED) is 0.150. The van der Waals surface area contributed by atoms with Crippen molar-refractivity contribution in [3.05, 3.63) is 107 Å². The number of rotatable bonds is 9. The highest BCUT2D eigenvalue weighted by Crippen LogP contribution is 2.40. The van der Waals surface area contributed by atoms with Crippen LogP contribution in [0.25, 0.3) is 22.4 Å². The molecule has 4 aromatic rings. The Morgan fingerprint density at radius 1 is 1.08 bits per heavy atom. The summed E-state index contributed by atoms with van der Waals surface area (Å²) in [6.07, 6.45) is 5.81. The van der Waals surface area contributed by atoms with Gasteiger partial charge in [-0.3, -0.25) is 9.78 Å². The van der Waals surface area contributed by atoms with Crippen LogP contribution in [0, 0.1) is 11.1 Å². The molecule has 2 aromatic heterocycles. The Balaban J connectivity index is 1.47. The van der Waals surface area contributed by atoms with E-state index in [9.17, 15) is 14.8 Å². The molecular weight excluding hydrogens is 514 g/mol. The van der Waals surface area contributed by atoms with Gasteiger partial charge < -0.3 is 15.3 Å². The number of esters is 1. The van der Waals surface area contributed by atoms with Gasteiger partial charge in [-0.05, 0) is 78.9 Å². The predicted molar refractivity (Wildman–Crippen MR) is 150 cm³/mol. The van der Waals surface area contributed by atoms with Crippen molar-refractivity contribution in [2.24, 2.45) is 5.92 Å². The van der Waals surface area contributed by atoms with Crippen molar-refractivity contribution in [2.75, 3.05) is 11.9 Å². The number of pyridine rings is 2. The fraction of sp³-hybridized carbons (Fsp3) is 0.226. The number of hydrogen-bond donors (Lipinski definition) is 1. The standard InChI is InChI=1S/C31H28ClN3O4/c1-2-39-31(37)21-8-11-24(12-9-21)34-30(36)27(17-20-6-7-20)29-18-22(14-16-35(29)38)26-19-23(32)10-13-25(26)28-5-3-4-15-33-28/h3-5,8-16,18-20,27H,2,6-7,17H2,1H3,(H,34,36). The molecule has 2 aromatic carbocycles. The van der Waals surface area contributed by atoms with E-state index in [1.54, 1.807) is 49.5 Å². The van der Waals surface area contributed by atoms with Gasteiger partial charge in [0.1, 0.15) is 5.92 Å². The molecule has 1 aliphatic rings. The van der Waals surface area contributed by atoms with E-state index in [-0.39, 0.29) is 12.5 Å². The number of carbonyl (C=O) groups is 2. The highest BCUT2D eigenvalue weighted by molar-refractivity contribution is 6.31. The molecule has 0 saturated heterocycles. The van der Waals surface area contributed by atoms with Crippen molar-refractivity contribution in [1.82, 2.24) is 4.98 Å². The Morgan fingerprint density at radius 3 is 2.56 bits per heavy atom. The number of amides is 1. The zero-order valence-electron chi connectivity index (χ0n) is 21.5. The predicted octanol–water partition coefficient (Wildman–Crippen LogP) is 6.40. The molecule has 198 valence electrons. The molecule has 0 radical (unpaired) electrons. The highest BCUT2D eigenvalue weighted by Gasteiger charge is 2.35. The fourth-order valence-electron chi connectivity index (χ4n) is 4.61. The zero-order valence-corrected chi connectivity index (χ0v) is 22.2. The van der Waals surface area contributed by atoms with E-state index in [0.717, 1.165) is 40.0 Å². The van der Waals surface area contributed by atoms with Crippen molar-refractivity contribution in [3.8, 4) is 22.4 Å². The number of benzene rings is 2. The normalized spacial score (nSPS) is 13.5. The lowest BCUT2D eigenvalue weighted by atomic mass is 9.92. The molecule has 2 heterocycles. The van der Waals surface area contributed by atoms with Crippen LogP contribution in [0.3, 0.4) is 0 Å². The van der Waals surface area contributed by atoms with Crippen molar-refractivity contribution in [1.29, 1.82) is 0 Å². The second-order valence-electron chi connectivity index (χ2n) is 9.59. The van der Waals surface area contributed by atoms with Gasteiger partial charge in [0.25, 0.3) is 0 Å². The summed E-state index contributed by atoms with van der Waals surface area (Å²) in [5.41, 5.74) is 4.56. The van der Waals surface area contributed by atoms with Gasteiger partial charge >= 0.3 is 5.97 Å². The number of ether oxygens (including phenoxy) is 1. The first-order valence-corrected chi connectivity index (χ1v) is 13.3. The van der Waals surface area contributed by atoms with Crippen molar-refractivity contribution < 1.29 is 19.1 Å². The van der Waals surface area contributed by atoms with Crippen LogP contribution in [0.1, 0.15) is 48.2 Å². The summed E-state index contributed by atoms with van der Waals surface area (Å²) in [4.78, 5) is 30.0. The molecule has 0 spiro atoms. The molecule has 0 bridgehead atoms. The Morgan fingerprint density at radius 2 is 1.87 bits per heavy atom. The smallest absolute Gasteiger partial charge is 0.338 e. The van der Waals surface area contributed by atoms with Gasteiger partial charge in [0.05, 0.1) is 17.9 Å². The average molecular weight is 542 g/mol. The molecule has 39 heavy (non-hydrogen) atoms. The second kappa shape index (κ2) is 11.7. The van der Waals surface area contributed by atoms with E-state index in [4.69, 9.17) is 16.3 Å². The summed E-state index contributed by atoms with van der Waals surface area (Å²) in [5.74, 6) is -0.955. The molecule has 1 atom stereocenters. The van der Waals surface area contributed by atoms with Gasteiger partial charge in [0.15, 0.2) is 6.20 Å². The van der Waals surface area contributed by atoms with Crippen LogP contribution >= 0.6 is 11.6 Å². The van der Waals surface area contributed by atoms with Gasteiger partial charge in [-0.15, -0.1) is 0 Å². The van der Waals surface area contributed by atoms with Crippen LogP contribution in [0.5, 0.6) is 0 Å². The Hall–Kier alpha value is -4.23. The molecule has 8 heteroatoms. The van der Waals surface area contributed by atoms with Crippen molar-refractivity contribution >= 4 is 29.2 Å². The van der Waals surface area contributed by atoms with Crippen molar-refractivity contribution in [2.45, 2.75) is 32.1 Å². The summed E-state index contributed by atoms with van der Waals surface area (Å²) < 4.78 is 5.79. The molecule has 1 N–H and O–H groups in total. The van der Waals surface area contributed by atoms with E-state index >= 15 is 0 Å². The molecule has 0 aliphatic heterocycles. The molecule has 5 rings (SSSR count). The summed E-state index contributed by atoms with van der Waals surface area (Å²) in [6, 6.07) is 21.3. The maximum absolute atomic E-state index is 13.6. The molecule has 1 unspecified atom stereocenters. The minimum absolute atomic E-state index is 0.274.